The molecular weight excluding hydrogens is 458 g/mol. The number of aryl methyl sites for hydroxylation is 1. The number of likely N-dealkylation sites (tertiary alicyclic amines) is 1. The molecule has 4 rings (SSSR count). The molecule has 2 heterocycles. The van der Waals surface area contributed by atoms with Crippen molar-refractivity contribution in [1.29, 1.82) is 0 Å². The fourth-order valence-electron chi connectivity index (χ4n) is 4.08. The van der Waals surface area contributed by atoms with Crippen LogP contribution in [0.3, 0.4) is 0 Å². The number of carbonyl (C=O) groups is 2. The van der Waals surface area contributed by atoms with Crippen LogP contribution in [0.2, 0.25) is 5.02 Å². The van der Waals surface area contributed by atoms with Crippen LogP contribution in [0.1, 0.15) is 23.6 Å². The third-order valence-electron chi connectivity index (χ3n) is 5.77. The molecular formula is C25H24ClN3O5. The van der Waals surface area contributed by atoms with E-state index in [9.17, 15) is 14.7 Å². The molecule has 176 valence electrons. The summed E-state index contributed by atoms with van der Waals surface area (Å²) in [5.74, 6) is -0.694. The second-order valence-corrected chi connectivity index (χ2v) is 8.20. The normalized spacial score (nSPS) is 17.3. The van der Waals surface area contributed by atoms with Gasteiger partial charge in [0.1, 0.15) is 17.3 Å². The highest BCUT2D eigenvalue weighted by Gasteiger charge is 2.46. The van der Waals surface area contributed by atoms with Crippen LogP contribution >= 0.6 is 11.6 Å². The number of hydrogen-bond donors (Lipinski definition) is 1. The maximum Gasteiger partial charge on any atom is 0.295 e. The number of rotatable bonds is 8. The number of aliphatic hydroxyl groups is 1. The summed E-state index contributed by atoms with van der Waals surface area (Å²) in [4.78, 5) is 31.8. The van der Waals surface area contributed by atoms with Crippen LogP contribution in [0.15, 0.2) is 66.8 Å². The Bertz CT molecular complexity index is 1220. The van der Waals surface area contributed by atoms with Gasteiger partial charge in [-0.1, -0.05) is 11.6 Å². The highest BCUT2D eigenvalue weighted by atomic mass is 35.5. The number of nitrogens with zero attached hydrogens (tertiary/aromatic N) is 3. The third kappa shape index (κ3) is 4.49. The number of aromatic nitrogens is 2. The molecule has 1 unspecified atom stereocenters. The van der Waals surface area contributed by atoms with Crippen molar-refractivity contribution in [3.05, 3.63) is 82.9 Å². The molecule has 1 aliphatic heterocycles. The van der Waals surface area contributed by atoms with Crippen LogP contribution < -0.4 is 9.47 Å². The Hall–Kier alpha value is -3.78. The third-order valence-corrected chi connectivity index (χ3v) is 6.02. The molecule has 1 aliphatic rings. The number of ketones is 1. The number of Topliss-reactive ketones (excluding diaryl/α,β-unsaturated/α-hetero) is 1. The van der Waals surface area contributed by atoms with Gasteiger partial charge in [0, 0.05) is 47.7 Å². The van der Waals surface area contributed by atoms with E-state index in [0.29, 0.717) is 47.2 Å². The van der Waals surface area contributed by atoms with Crippen molar-refractivity contribution in [2.45, 2.75) is 19.0 Å². The van der Waals surface area contributed by atoms with Crippen molar-refractivity contribution in [2.75, 3.05) is 20.8 Å². The van der Waals surface area contributed by atoms with Crippen LogP contribution in [0.25, 0.3) is 5.76 Å². The second-order valence-electron chi connectivity index (χ2n) is 7.76. The van der Waals surface area contributed by atoms with Crippen molar-refractivity contribution in [3.63, 3.8) is 0 Å². The summed E-state index contributed by atoms with van der Waals surface area (Å²) >= 11 is 5.98. The zero-order valence-corrected chi connectivity index (χ0v) is 19.5. The molecule has 3 aromatic rings. The smallest absolute Gasteiger partial charge is 0.295 e. The van der Waals surface area contributed by atoms with Crippen LogP contribution in [0.5, 0.6) is 11.5 Å². The minimum absolute atomic E-state index is 0.00146. The van der Waals surface area contributed by atoms with E-state index in [-0.39, 0.29) is 11.3 Å². The van der Waals surface area contributed by atoms with Crippen LogP contribution in [0.4, 0.5) is 0 Å². The summed E-state index contributed by atoms with van der Waals surface area (Å²) in [6, 6.07) is 10.8. The monoisotopic (exact) mass is 481 g/mol. The number of methoxy groups -OCH3 is 2. The largest absolute Gasteiger partial charge is 0.507 e. The number of aliphatic hydroxyl groups excluding tert-OH is 1. The van der Waals surface area contributed by atoms with Crippen LogP contribution in [-0.2, 0) is 16.1 Å². The lowest BCUT2D eigenvalue weighted by Crippen LogP contribution is -2.31. The zero-order chi connectivity index (χ0) is 24.2. The fraction of sp³-hybridized carbons (Fsp3) is 0.240. The summed E-state index contributed by atoms with van der Waals surface area (Å²) in [5.41, 5.74) is 0.956. The number of amides is 1. The Morgan fingerprint density at radius 2 is 1.85 bits per heavy atom. The number of carbonyl (C=O) groups excluding carboxylic acids is 2. The lowest BCUT2D eigenvalue weighted by Gasteiger charge is -2.27. The Morgan fingerprint density at radius 3 is 2.50 bits per heavy atom. The van der Waals surface area contributed by atoms with Crippen LogP contribution in [-0.4, -0.2) is 52.0 Å². The number of hydrogen-bond acceptors (Lipinski definition) is 6. The standard InChI is InChI=1S/C25H24ClN3O5/c1-33-18-8-9-19(20(14-18)34-2)22-21(23(30)16-4-6-17(26)7-5-16)24(31)25(32)29(22)12-3-11-28-13-10-27-15-28/h4-10,13-15,22,30H,3,11-12H2,1-2H3. The molecule has 1 saturated heterocycles. The first-order valence-corrected chi connectivity index (χ1v) is 11.0. The first-order valence-electron chi connectivity index (χ1n) is 10.7. The first-order chi connectivity index (χ1) is 16.4. The maximum absolute atomic E-state index is 13.2. The van der Waals surface area contributed by atoms with E-state index in [4.69, 9.17) is 21.1 Å². The highest BCUT2D eigenvalue weighted by molar-refractivity contribution is 6.46. The van der Waals surface area contributed by atoms with Gasteiger partial charge in [-0.2, -0.15) is 0 Å². The Morgan fingerprint density at radius 1 is 1.09 bits per heavy atom. The molecule has 0 spiro atoms. The molecule has 0 radical (unpaired) electrons. The van der Waals surface area contributed by atoms with E-state index in [2.05, 4.69) is 4.98 Å². The molecule has 9 heteroatoms. The minimum Gasteiger partial charge on any atom is -0.507 e. The second kappa shape index (κ2) is 10.0. The average molecular weight is 482 g/mol. The summed E-state index contributed by atoms with van der Waals surface area (Å²) in [6.45, 7) is 0.909. The first kappa shape index (κ1) is 23.4. The van der Waals surface area contributed by atoms with Crippen molar-refractivity contribution in [1.82, 2.24) is 14.5 Å². The van der Waals surface area contributed by atoms with Gasteiger partial charge in [0.15, 0.2) is 0 Å². The van der Waals surface area contributed by atoms with Gasteiger partial charge in [-0.05, 0) is 42.8 Å². The molecule has 1 fully saturated rings. The molecule has 1 N–H and O–H groups in total. The molecule has 34 heavy (non-hydrogen) atoms. The van der Waals surface area contributed by atoms with Crippen molar-refractivity contribution < 1.29 is 24.2 Å². The van der Waals surface area contributed by atoms with Crippen molar-refractivity contribution >= 4 is 29.1 Å². The van der Waals surface area contributed by atoms with Crippen LogP contribution in [0, 0.1) is 0 Å². The van der Waals surface area contributed by atoms with Gasteiger partial charge in [-0.25, -0.2) is 4.98 Å². The van der Waals surface area contributed by atoms with E-state index in [0.717, 1.165) is 0 Å². The van der Waals surface area contributed by atoms with E-state index in [1.807, 2.05) is 10.8 Å². The summed E-state index contributed by atoms with van der Waals surface area (Å²) in [6.07, 6.45) is 5.79. The topological polar surface area (TPSA) is 93.9 Å². The molecule has 0 aliphatic carbocycles. The summed E-state index contributed by atoms with van der Waals surface area (Å²) in [7, 11) is 3.04. The maximum atomic E-state index is 13.2. The number of benzene rings is 2. The molecule has 0 saturated carbocycles. The predicted molar refractivity (Wildman–Crippen MR) is 127 cm³/mol. The highest BCUT2D eigenvalue weighted by Crippen LogP contribution is 2.43. The Balaban J connectivity index is 1.79. The van der Waals surface area contributed by atoms with E-state index >= 15 is 0 Å². The Kier molecular flexibility index (Phi) is 6.88. The van der Waals surface area contributed by atoms with Gasteiger partial charge in [0.25, 0.3) is 11.7 Å². The van der Waals surface area contributed by atoms with Crippen molar-refractivity contribution in [3.8, 4) is 11.5 Å². The van der Waals surface area contributed by atoms with Gasteiger partial charge < -0.3 is 24.0 Å². The molecule has 0 bridgehead atoms. The molecule has 1 aromatic heterocycles. The average Bonchev–Trinajstić information content (AvgIpc) is 3.46. The molecule has 1 amide bonds. The summed E-state index contributed by atoms with van der Waals surface area (Å²) < 4.78 is 12.8. The van der Waals surface area contributed by atoms with Gasteiger partial charge in [0.2, 0.25) is 0 Å². The zero-order valence-electron chi connectivity index (χ0n) is 18.8. The quantitative estimate of drug-likeness (QED) is 0.296. The van der Waals surface area contributed by atoms with Gasteiger partial charge in [0.05, 0.1) is 32.2 Å². The lowest BCUT2D eigenvalue weighted by atomic mass is 9.94. The molecule has 8 nitrogen and oxygen atoms in total. The van der Waals surface area contributed by atoms with Gasteiger partial charge >= 0.3 is 0 Å². The number of ether oxygens (including phenoxy) is 2. The van der Waals surface area contributed by atoms with E-state index in [1.54, 1.807) is 55.0 Å². The van der Waals surface area contributed by atoms with Crippen molar-refractivity contribution in [2.24, 2.45) is 0 Å². The minimum atomic E-state index is -0.834. The predicted octanol–water partition coefficient (Wildman–Crippen LogP) is 4.07. The van der Waals surface area contributed by atoms with E-state index in [1.165, 1.54) is 19.1 Å². The molecule has 2 aromatic carbocycles. The number of halogens is 1. The van der Waals surface area contributed by atoms with Gasteiger partial charge in [-0.15, -0.1) is 0 Å². The van der Waals surface area contributed by atoms with E-state index < -0.39 is 17.7 Å². The SMILES string of the molecule is COc1ccc(C2C(=C(O)c3ccc(Cl)cc3)C(=O)C(=O)N2CCCn2ccnc2)c(OC)c1. The van der Waals surface area contributed by atoms with Gasteiger partial charge in [-0.3, -0.25) is 9.59 Å². The lowest BCUT2D eigenvalue weighted by molar-refractivity contribution is -0.140. The number of imidazole rings is 1. The Labute approximate surface area is 202 Å². The fourth-order valence-corrected chi connectivity index (χ4v) is 4.21. The summed E-state index contributed by atoms with van der Waals surface area (Å²) in [5, 5.41) is 11.6. The molecule has 1 atom stereocenters.